The monoisotopic (exact) mass is 315 g/mol. The number of hydrogen-bond donors (Lipinski definition) is 1. The van der Waals surface area contributed by atoms with Gasteiger partial charge in [-0.05, 0) is 23.6 Å². The lowest BCUT2D eigenvalue weighted by Crippen LogP contribution is -2.39. The molecule has 5 nitrogen and oxygen atoms in total. The first-order valence-corrected chi connectivity index (χ1v) is 6.81. The van der Waals surface area contributed by atoms with Crippen LogP contribution in [0.15, 0.2) is 24.3 Å². The third-order valence-corrected chi connectivity index (χ3v) is 2.77. The summed E-state index contributed by atoms with van der Waals surface area (Å²) in [4.78, 5) is 24.2. The quantitative estimate of drug-likeness (QED) is 0.800. The first-order valence-electron chi connectivity index (χ1n) is 6.81. The molecule has 1 rings (SSSR count). The number of benzene rings is 1. The van der Waals surface area contributed by atoms with Crippen LogP contribution in [0.1, 0.15) is 19.4 Å². The molecule has 0 spiro atoms. The Morgan fingerprint density at radius 1 is 1.23 bits per heavy atom. The molecule has 1 aromatic carbocycles. The van der Waals surface area contributed by atoms with E-state index in [9.17, 15) is 18.4 Å². The maximum atomic E-state index is 12.2. The van der Waals surface area contributed by atoms with E-state index in [0.29, 0.717) is 12.1 Å². The second-order valence-corrected chi connectivity index (χ2v) is 5.26. The Balaban J connectivity index is 2.69. The van der Waals surface area contributed by atoms with Gasteiger partial charge in [0.25, 0.3) is 0 Å². The maximum absolute atomic E-state index is 12.2. The summed E-state index contributed by atoms with van der Waals surface area (Å²) in [6.45, 7) is 0.864. The SMILES string of the molecule is CC(C)CN(CC(=O)O)C(=O)Cc1ccc(OC(F)F)cc1. The van der Waals surface area contributed by atoms with Crippen molar-refractivity contribution in [1.29, 1.82) is 0 Å². The number of ether oxygens (including phenoxy) is 1. The predicted molar refractivity (Wildman–Crippen MR) is 75.8 cm³/mol. The van der Waals surface area contributed by atoms with Crippen LogP contribution in [-0.2, 0) is 16.0 Å². The van der Waals surface area contributed by atoms with Gasteiger partial charge < -0.3 is 14.7 Å². The summed E-state index contributed by atoms with van der Waals surface area (Å²) in [7, 11) is 0. The van der Waals surface area contributed by atoms with E-state index in [1.54, 1.807) is 0 Å². The second-order valence-electron chi connectivity index (χ2n) is 5.26. The summed E-state index contributed by atoms with van der Waals surface area (Å²) in [5.74, 6) is -1.24. The predicted octanol–water partition coefficient (Wildman–Crippen LogP) is 2.40. The van der Waals surface area contributed by atoms with Gasteiger partial charge in [0.15, 0.2) is 0 Å². The van der Waals surface area contributed by atoms with Crippen LogP contribution in [0.2, 0.25) is 0 Å². The molecule has 0 aromatic heterocycles. The fraction of sp³-hybridized carbons (Fsp3) is 0.467. The highest BCUT2D eigenvalue weighted by Gasteiger charge is 2.18. The zero-order valence-electron chi connectivity index (χ0n) is 12.5. The van der Waals surface area contributed by atoms with E-state index < -0.39 is 12.6 Å². The molecule has 0 aliphatic heterocycles. The highest BCUT2D eigenvalue weighted by atomic mass is 19.3. The number of hydrogen-bond acceptors (Lipinski definition) is 3. The fourth-order valence-electron chi connectivity index (χ4n) is 1.93. The first-order chi connectivity index (χ1) is 10.3. The molecule has 22 heavy (non-hydrogen) atoms. The minimum Gasteiger partial charge on any atom is -0.480 e. The minimum absolute atomic E-state index is 0.00889. The van der Waals surface area contributed by atoms with Gasteiger partial charge in [-0.25, -0.2) is 0 Å². The van der Waals surface area contributed by atoms with Gasteiger partial charge in [-0.3, -0.25) is 9.59 Å². The average Bonchev–Trinajstić information content (AvgIpc) is 2.38. The van der Waals surface area contributed by atoms with Gasteiger partial charge in [0.1, 0.15) is 12.3 Å². The molecule has 0 atom stereocenters. The lowest BCUT2D eigenvalue weighted by Gasteiger charge is -2.22. The molecule has 0 bridgehead atoms. The van der Waals surface area contributed by atoms with E-state index >= 15 is 0 Å². The molecular formula is C15H19F2NO4. The number of carboxylic acid groups (broad SMARTS) is 1. The molecule has 0 fully saturated rings. The van der Waals surface area contributed by atoms with Crippen molar-refractivity contribution in [2.75, 3.05) is 13.1 Å². The third-order valence-electron chi connectivity index (χ3n) is 2.77. The number of alkyl halides is 2. The Kier molecular flexibility index (Phi) is 6.75. The number of nitrogens with zero attached hydrogens (tertiary/aromatic N) is 1. The maximum Gasteiger partial charge on any atom is 0.387 e. The van der Waals surface area contributed by atoms with Gasteiger partial charge in [0.05, 0.1) is 6.42 Å². The van der Waals surface area contributed by atoms with Crippen molar-refractivity contribution in [3.05, 3.63) is 29.8 Å². The standard InChI is InChI=1S/C15H19F2NO4/c1-10(2)8-18(9-14(20)21)13(19)7-11-3-5-12(6-4-11)22-15(16)17/h3-6,10,15H,7-9H2,1-2H3,(H,20,21). The molecule has 0 radical (unpaired) electrons. The molecule has 122 valence electrons. The summed E-state index contributed by atoms with van der Waals surface area (Å²) in [5.41, 5.74) is 0.603. The van der Waals surface area contributed by atoms with Crippen molar-refractivity contribution >= 4 is 11.9 Å². The number of halogens is 2. The van der Waals surface area contributed by atoms with Crippen LogP contribution >= 0.6 is 0 Å². The molecule has 1 N–H and O–H groups in total. The second kappa shape index (κ2) is 8.31. The molecule has 7 heteroatoms. The summed E-state index contributed by atoms with van der Waals surface area (Å²) in [6, 6.07) is 5.70. The lowest BCUT2D eigenvalue weighted by molar-refractivity contribution is -0.144. The summed E-state index contributed by atoms with van der Waals surface area (Å²) < 4.78 is 28.3. The topological polar surface area (TPSA) is 66.8 Å². The zero-order valence-corrected chi connectivity index (χ0v) is 12.5. The largest absolute Gasteiger partial charge is 0.480 e. The van der Waals surface area contributed by atoms with Gasteiger partial charge in [-0.2, -0.15) is 8.78 Å². The number of carboxylic acids is 1. The van der Waals surface area contributed by atoms with E-state index in [4.69, 9.17) is 5.11 Å². The van der Waals surface area contributed by atoms with Gasteiger partial charge in [0, 0.05) is 6.54 Å². The van der Waals surface area contributed by atoms with E-state index in [2.05, 4.69) is 4.74 Å². The Labute approximate surface area is 127 Å². The fourth-order valence-corrected chi connectivity index (χ4v) is 1.93. The van der Waals surface area contributed by atoms with Gasteiger partial charge in [-0.15, -0.1) is 0 Å². The van der Waals surface area contributed by atoms with E-state index in [-0.39, 0.29) is 30.5 Å². The smallest absolute Gasteiger partial charge is 0.387 e. The highest BCUT2D eigenvalue weighted by molar-refractivity contribution is 5.83. The Hall–Kier alpha value is -2.18. The summed E-state index contributed by atoms with van der Waals surface area (Å²) in [5, 5.41) is 8.85. The third kappa shape index (κ3) is 6.51. The molecule has 0 aliphatic carbocycles. The Morgan fingerprint density at radius 3 is 2.27 bits per heavy atom. The van der Waals surface area contributed by atoms with Crippen LogP contribution in [0, 0.1) is 5.92 Å². The van der Waals surface area contributed by atoms with Gasteiger partial charge in [0.2, 0.25) is 5.91 Å². The molecule has 1 amide bonds. The number of aliphatic carboxylic acids is 1. The summed E-state index contributed by atoms with van der Waals surface area (Å²) in [6.07, 6.45) is 0.00889. The molecule has 0 heterocycles. The molecule has 0 unspecified atom stereocenters. The van der Waals surface area contributed by atoms with Crippen molar-refractivity contribution in [3.8, 4) is 5.75 Å². The van der Waals surface area contributed by atoms with Crippen molar-refractivity contribution in [2.24, 2.45) is 5.92 Å². The van der Waals surface area contributed by atoms with Crippen molar-refractivity contribution in [3.63, 3.8) is 0 Å². The van der Waals surface area contributed by atoms with Gasteiger partial charge >= 0.3 is 12.6 Å². The lowest BCUT2D eigenvalue weighted by atomic mass is 10.1. The van der Waals surface area contributed by atoms with Crippen LogP contribution in [0.5, 0.6) is 5.75 Å². The van der Waals surface area contributed by atoms with Crippen molar-refractivity contribution in [2.45, 2.75) is 26.9 Å². The van der Waals surface area contributed by atoms with E-state index in [0.717, 1.165) is 0 Å². The van der Waals surface area contributed by atoms with E-state index in [1.807, 2.05) is 13.8 Å². The van der Waals surface area contributed by atoms with Crippen LogP contribution in [0.4, 0.5) is 8.78 Å². The molecule has 1 aromatic rings. The number of rotatable bonds is 8. The van der Waals surface area contributed by atoms with Crippen LogP contribution in [0.25, 0.3) is 0 Å². The zero-order chi connectivity index (χ0) is 16.7. The Bertz CT molecular complexity index is 503. The number of carbonyl (C=O) groups is 2. The van der Waals surface area contributed by atoms with Crippen LogP contribution in [-0.4, -0.2) is 41.6 Å². The number of amides is 1. The van der Waals surface area contributed by atoms with Gasteiger partial charge in [-0.1, -0.05) is 26.0 Å². The normalized spacial score (nSPS) is 10.8. The van der Waals surface area contributed by atoms with Crippen molar-refractivity contribution in [1.82, 2.24) is 4.90 Å². The molecule has 0 saturated carbocycles. The molecular weight excluding hydrogens is 296 g/mol. The van der Waals surface area contributed by atoms with Crippen LogP contribution < -0.4 is 4.74 Å². The minimum atomic E-state index is -2.90. The first kappa shape index (κ1) is 17.9. The van der Waals surface area contributed by atoms with E-state index in [1.165, 1.54) is 29.2 Å². The summed E-state index contributed by atoms with van der Waals surface area (Å²) >= 11 is 0. The van der Waals surface area contributed by atoms with Crippen molar-refractivity contribution < 1.29 is 28.2 Å². The number of carbonyl (C=O) groups excluding carboxylic acids is 1. The highest BCUT2D eigenvalue weighted by Crippen LogP contribution is 2.16. The Morgan fingerprint density at radius 2 is 1.82 bits per heavy atom. The van der Waals surface area contributed by atoms with Crippen LogP contribution in [0.3, 0.4) is 0 Å². The average molecular weight is 315 g/mol. The molecule has 0 saturated heterocycles. The molecule has 0 aliphatic rings.